The smallest absolute Gasteiger partial charge is 0.358 e. The minimum Gasteiger partial charge on any atom is -0.476 e. The van der Waals surface area contributed by atoms with E-state index in [4.69, 9.17) is 5.73 Å². The van der Waals surface area contributed by atoms with Crippen molar-refractivity contribution in [3.63, 3.8) is 0 Å². The Bertz CT molecular complexity index is 1030. The lowest BCUT2D eigenvalue weighted by Crippen LogP contribution is -2.15. The van der Waals surface area contributed by atoms with Crippen LogP contribution in [0.3, 0.4) is 0 Å². The van der Waals surface area contributed by atoms with E-state index in [-0.39, 0.29) is 17.1 Å². The Morgan fingerprint density at radius 2 is 1.68 bits per heavy atom. The van der Waals surface area contributed by atoms with Gasteiger partial charge in [0.05, 0.1) is 11.4 Å². The maximum Gasteiger partial charge on any atom is 0.358 e. The fourth-order valence-electron chi connectivity index (χ4n) is 2.35. The summed E-state index contributed by atoms with van der Waals surface area (Å²) in [6, 6.07) is 8.34. The number of nitrogens with two attached hydrogens (primary N) is 1. The van der Waals surface area contributed by atoms with Crippen LogP contribution in [0.25, 0.3) is 22.5 Å². The van der Waals surface area contributed by atoms with Crippen LogP contribution in [-0.4, -0.2) is 25.6 Å². The van der Waals surface area contributed by atoms with Crippen molar-refractivity contribution < 1.29 is 14.3 Å². The molecule has 25 heavy (non-hydrogen) atoms. The van der Waals surface area contributed by atoms with Crippen LogP contribution in [-0.2, 0) is 7.05 Å². The normalized spacial score (nSPS) is 10.6. The second-order valence-corrected chi connectivity index (χ2v) is 5.33. The molecule has 8 heteroatoms. The van der Waals surface area contributed by atoms with Crippen LogP contribution < -0.4 is 11.3 Å². The van der Waals surface area contributed by atoms with Crippen LogP contribution >= 0.6 is 0 Å². The van der Waals surface area contributed by atoms with Gasteiger partial charge >= 0.3 is 5.97 Å². The number of rotatable bonds is 3. The Hall–Kier alpha value is -3.55. The molecule has 0 saturated heterocycles. The van der Waals surface area contributed by atoms with Crippen molar-refractivity contribution in [2.75, 3.05) is 5.73 Å². The van der Waals surface area contributed by atoms with Crippen molar-refractivity contribution in [1.29, 1.82) is 0 Å². The van der Waals surface area contributed by atoms with Crippen molar-refractivity contribution in [3.8, 4) is 22.5 Å². The van der Waals surface area contributed by atoms with E-state index in [0.717, 1.165) is 0 Å². The first-order chi connectivity index (χ1) is 11.9. The number of nitrogens with zero attached hydrogens (tertiary/aromatic N) is 3. The zero-order valence-electron chi connectivity index (χ0n) is 13.1. The molecule has 0 fully saturated rings. The molecular weight excluding hydrogens is 327 g/mol. The van der Waals surface area contributed by atoms with E-state index in [0.29, 0.717) is 16.8 Å². The highest BCUT2D eigenvalue weighted by atomic mass is 19.1. The highest BCUT2D eigenvalue weighted by molar-refractivity contribution is 5.92. The molecule has 0 saturated carbocycles. The monoisotopic (exact) mass is 340 g/mol. The molecule has 1 aromatic carbocycles. The average molecular weight is 340 g/mol. The fraction of sp³-hybridized carbons (Fsp3) is 0.0588. The first kappa shape index (κ1) is 16.3. The Morgan fingerprint density at radius 1 is 1.08 bits per heavy atom. The zero-order chi connectivity index (χ0) is 18.1. The van der Waals surface area contributed by atoms with Gasteiger partial charge in [-0.1, -0.05) is 0 Å². The lowest BCUT2D eigenvalue weighted by Gasteiger charge is -2.12. The van der Waals surface area contributed by atoms with Crippen LogP contribution in [0.1, 0.15) is 10.5 Å². The third kappa shape index (κ3) is 3.09. The number of halogens is 1. The van der Waals surface area contributed by atoms with Gasteiger partial charge in [-0.3, -0.25) is 4.79 Å². The number of benzene rings is 1. The first-order valence-corrected chi connectivity index (χ1v) is 7.20. The minimum absolute atomic E-state index is 0.228. The van der Waals surface area contributed by atoms with Gasteiger partial charge in [0, 0.05) is 30.4 Å². The van der Waals surface area contributed by atoms with Gasteiger partial charge < -0.3 is 15.4 Å². The predicted octanol–water partition coefficient (Wildman–Crippen LogP) is 1.93. The lowest BCUT2D eigenvalue weighted by molar-refractivity contribution is 0.0691. The van der Waals surface area contributed by atoms with Crippen LogP contribution in [0.2, 0.25) is 0 Å². The van der Waals surface area contributed by atoms with E-state index >= 15 is 0 Å². The summed E-state index contributed by atoms with van der Waals surface area (Å²) in [7, 11) is 1.56. The van der Waals surface area contributed by atoms with Crippen molar-refractivity contribution >= 4 is 11.8 Å². The average Bonchev–Trinajstić information content (AvgIpc) is 2.57. The molecule has 7 nitrogen and oxygen atoms in total. The van der Waals surface area contributed by atoms with E-state index in [1.165, 1.54) is 47.2 Å². The van der Waals surface area contributed by atoms with E-state index in [2.05, 4.69) is 9.97 Å². The summed E-state index contributed by atoms with van der Waals surface area (Å²) < 4.78 is 14.5. The standard InChI is InChI=1S/C17H13FN4O3/c1-22-8-10(4-7-12(22)23)14-13(9-2-5-11(18)6-3-9)21-16(19)15(20-14)17(24)25/h2-8H,1H3,(H2,19,21)(H,24,25). The van der Waals surface area contributed by atoms with Crippen molar-refractivity contribution in [1.82, 2.24) is 14.5 Å². The summed E-state index contributed by atoms with van der Waals surface area (Å²) >= 11 is 0. The second kappa shape index (κ2) is 6.16. The maximum absolute atomic E-state index is 13.2. The molecule has 3 rings (SSSR count). The number of aryl methyl sites for hydroxylation is 1. The van der Waals surface area contributed by atoms with Crippen molar-refractivity contribution in [2.45, 2.75) is 0 Å². The minimum atomic E-state index is -1.32. The Kier molecular flexibility index (Phi) is 4.02. The molecule has 3 N–H and O–H groups in total. The van der Waals surface area contributed by atoms with Crippen LogP contribution in [0, 0.1) is 5.82 Å². The number of hydrogen-bond acceptors (Lipinski definition) is 5. The number of carbonyl (C=O) groups is 1. The lowest BCUT2D eigenvalue weighted by atomic mass is 10.0. The highest BCUT2D eigenvalue weighted by Gasteiger charge is 2.19. The summed E-state index contributed by atoms with van der Waals surface area (Å²) in [5, 5.41) is 9.25. The first-order valence-electron chi connectivity index (χ1n) is 7.20. The summed E-state index contributed by atoms with van der Waals surface area (Å²) in [6.45, 7) is 0. The molecule has 0 radical (unpaired) electrons. The van der Waals surface area contributed by atoms with Gasteiger partial charge in [0.25, 0.3) is 0 Å². The van der Waals surface area contributed by atoms with Gasteiger partial charge in [-0.2, -0.15) is 0 Å². The fourth-order valence-corrected chi connectivity index (χ4v) is 2.35. The Labute approximate surface area is 141 Å². The van der Waals surface area contributed by atoms with Crippen LogP contribution in [0.15, 0.2) is 47.4 Å². The number of aromatic nitrogens is 3. The van der Waals surface area contributed by atoms with Gasteiger partial charge in [0.1, 0.15) is 5.82 Å². The molecule has 0 aliphatic rings. The maximum atomic E-state index is 13.2. The number of anilines is 1. The third-order valence-electron chi connectivity index (χ3n) is 3.60. The van der Waals surface area contributed by atoms with Gasteiger partial charge in [0.15, 0.2) is 11.5 Å². The molecule has 0 aliphatic heterocycles. The van der Waals surface area contributed by atoms with E-state index < -0.39 is 17.5 Å². The molecule has 0 atom stereocenters. The molecule has 3 aromatic rings. The molecule has 0 amide bonds. The summed E-state index contributed by atoms with van der Waals surface area (Å²) in [4.78, 5) is 31.2. The number of hydrogen-bond donors (Lipinski definition) is 2. The molecular formula is C17H13FN4O3. The largest absolute Gasteiger partial charge is 0.476 e. The molecule has 0 bridgehead atoms. The molecule has 126 valence electrons. The van der Waals surface area contributed by atoms with E-state index in [1.807, 2.05) is 0 Å². The predicted molar refractivity (Wildman–Crippen MR) is 89.5 cm³/mol. The van der Waals surface area contributed by atoms with Crippen molar-refractivity contribution in [3.05, 3.63) is 64.5 Å². The molecule has 2 aromatic heterocycles. The van der Waals surface area contributed by atoms with Crippen molar-refractivity contribution in [2.24, 2.45) is 7.05 Å². The molecule has 0 aliphatic carbocycles. The SMILES string of the molecule is Cn1cc(-c2nc(C(=O)O)c(N)nc2-c2ccc(F)cc2)ccc1=O. The molecule has 0 unspecified atom stereocenters. The summed E-state index contributed by atoms with van der Waals surface area (Å²) in [5.41, 5.74) is 6.61. The van der Waals surface area contributed by atoms with E-state index in [1.54, 1.807) is 7.05 Å². The van der Waals surface area contributed by atoms with E-state index in [9.17, 15) is 19.1 Å². The second-order valence-electron chi connectivity index (χ2n) is 5.33. The number of nitrogen functional groups attached to an aromatic ring is 1. The number of carboxylic acid groups (broad SMARTS) is 1. The number of pyridine rings is 1. The van der Waals surface area contributed by atoms with Gasteiger partial charge in [0.2, 0.25) is 5.56 Å². The van der Waals surface area contributed by atoms with Gasteiger partial charge in [-0.15, -0.1) is 0 Å². The third-order valence-corrected chi connectivity index (χ3v) is 3.60. The van der Waals surface area contributed by atoms with Gasteiger partial charge in [-0.05, 0) is 30.3 Å². The number of aromatic carboxylic acids is 1. The topological polar surface area (TPSA) is 111 Å². The molecule has 0 spiro atoms. The summed E-state index contributed by atoms with van der Waals surface area (Å²) in [5.74, 6) is -1.99. The highest BCUT2D eigenvalue weighted by Crippen LogP contribution is 2.30. The van der Waals surface area contributed by atoms with Crippen LogP contribution in [0.5, 0.6) is 0 Å². The van der Waals surface area contributed by atoms with Gasteiger partial charge in [-0.25, -0.2) is 19.2 Å². The molecule has 2 heterocycles. The summed E-state index contributed by atoms with van der Waals surface area (Å²) in [6.07, 6.45) is 1.52. The number of carboxylic acids is 1. The Morgan fingerprint density at radius 3 is 2.28 bits per heavy atom. The zero-order valence-corrected chi connectivity index (χ0v) is 13.1. The van der Waals surface area contributed by atoms with Crippen LogP contribution in [0.4, 0.5) is 10.2 Å². The quantitative estimate of drug-likeness (QED) is 0.753. The Balaban J connectivity index is 2.31.